The number of morpholine rings is 1. The van der Waals surface area contributed by atoms with Gasteiger partial charge in [0, 0.05) is 46.7 Å². The smallest absolute Gasteiger partial charge is 0.249 e. The Hall–Kier alpha value is -3.94. The van der Waals surface area contributed by atoms with Crippen LogP contribution in [0, 0.1) is 0 Å². The Morgan fingerprint density at radius 1 is 1.07 bits per heavy atom. The fourth-order valence-corrected chi connectivity index (χ4v) is 3.17. The summed E-state index contributed by atoms with van der Waals surface area (Å²) in [6.07, 6.45) is 1.67. The van der Waals surface area contributed by atoms with E-state index in [0.29, 0.717) is 17.2 Å². The van der Waals surface area contributed by atoms with Crippen molar-refractivity contribution in [1.29, 1.82) is 0 Å². The first-order valence-corrected chi connectivity index (χ1v) is 9.45. The minimum atomic E-state index is -0.616. The zero-order valence-electron chi connectivity index (χ0n) is 16.1. The number of hydrogen-bond acceptors (Lipinski definition) is 6. The fourth-order valence-electron chi connectivity index (χ4n) is 3.17. The second-order valence-corrected chi connectivity index (χ2v) is 6.61. The summed E-state index contributed by atoms with van der Waals surface area (Å²) in [6.45, 7) is 3.29. The largest absolute Gasteiger partial charge is 0.378 e. The maximum absolute atomic E-state index is 11.6. The van der Waals surface area contributed by atoms with Gasteiger partial charge in [0.25, 0.3) is 0 Å². The highest BCUT2D eigenvalue weighted by molar-refractivity contribution is 5.95. The molecule has 1 fully saturated rings. The predicted molar refractivity (Wildman–Crippen MR) is 114 cm³/mol. The van der Waals surface area contributed by atoms with E-state index >= 15 is 0 Å². The summed E-state index contributed by atoms with van der Waals surface area (Å²) in [5.41, 5.74) is 12.3. The number of nitrogens with one attached hydrogen (secondary N) is 1. The molecule has 9 nitrogen and oxygen atoms in total. The van der Waals surface area contributed by atoms with Crippen LogP contribution in [0.4, 0.5) is 17.3 Å². The minimum Gasteiger partial charge on any atom is -0.378 e. The van der Waals surface area contributed by atoms with Crippen LogP contribution in [-0.2, 0) is 4.74 Å². The van der Waals surface area contributed by atoms with Gasteiger partial charge in [0.2, 0.25) is 11.9 Å². The normalized spacial score (nSPS) is 13.4. The number of nitrogens with zero attached hydrogens (tertiary/aromatic N) is 6. The first-order chi connectivity index (χ1) is 14.7. The molecule has 1 amide bonds. The Kier molecular flexibility index (Phi) is 5.84. The highest BCUT2D eigenvalue weighted by atomic mass is 16.5. The molecule has 0 atom stereocenters. The van der Waals surface area contributed by atoms with Crippen molar-refractivity contribution in [3.63, 3.8) is 0 Å². The summed E-state index contributed by atoms with van der Waals surface area (Å²) >= 11 is 0. The molecule has 30 heavy (non-hydrogen) atoms. The average molecular weight is 401 g/mol. The molecular formula is C21H19N7O2. The molecule has 150 valence electrons. The Labute approximate surface area is 173 Å². The lowest BCUT2D eigenvalue weighted by Crippen LogP contribution is -2.36. The molecule has 1 aliphatic rings. The van der Waals surface area contributed by atoms with Crippen LogP contribution in [0.15, 0.2) is 65.9 Å². The third-order valence-electron chi connectivity index (χ3n) is 4.72. The molecule has 2 heterocycles. The van der Waals surface area contributed by atoms with Crippen molar-refractivity contribution in [3.05, 3.63) is 76.8 Å². The zero-order valence-corrected chi connectivity index (χ0v) is 16.1. The Balaban J connectivity index is 1.47. The van der Waals surface area contributed by atoms with Gasteiger partial charge in [-0.1, -0.05) is 24.3 Å². The number of carbonyl (C=O) groups is 1. The van der Waals surface area contributed by atoms with Crippen LogP contribution in [0.1, 0.15) is 10.4 Å². The van der Waals surface area contributed by atoms with Gasteiger partial charge in [0.1, 0.15) is 0 Å². The number of benzene rings is 2. The molecular weight excluding hydrogens is 382 g/mol. The first kappa shape index (κ1) is 19.4. The SMILES string of the molecule is [N-]=[N+]=NC(=O)c1ccc(-c2ccnc(Nc3ccc(N4CCOCC4)cc3)n2)cc1. The molecule has 2 aromatic carbocycles. The van der Waals surface area contributed by atoms with Crippen LogP contribution in [0.5, 0.6) is 0 Å². The summed E-state index contributed by atoms with van der Waals surface area (Å²) in [6, 6.07) is 16.6. The van der Waals surface area contributed by atoms with E-state index in [1.807, 2.05) is 12.1 Å². The van der Waals surface area contributed by atoms with E-state index in [1.165, 1.54) is 0 Å². The number of hydrogen-bond donors (Lipinski definition) is 1. The van der Waals surface area contributed by atoms with Crippen molar-refractivity contribution in [3.8, 4) is 11.3 Å². The van der Waals surface area contributed by atoms with E-state index in [4.69, 9.17) is 10.3 Å². The maximum atomic E-state index is 11.6. The van der Waals surface area contributed by atoms with E-state index < -0.39 is 5.91 Å². The van der Waals surface area contributed by atoms with Crippen LogP contribution < -0.4 is 10.2 Å². The highest BCUT2D eigenvalue weighted by Crippen LogP contribution is 2.23. The number of aromatic nitrogens is 2. The lowest BCUT2D eigenvalue weighted by Gasteiger charge is -2.28. The van der Waals surface area contributed by atoms with Gasteiger partial charge in [-0.15, -0.1) is 0 Å². The van der Waals surface area contributed by atoms with Crippen LogP contribution in [0.25, 0.3) is 21.7 Å². The van der Waals surface area contributed by atoms with Crippen LogP contribution in [-0.4, -0.2) is 42.2 Å². The Bertz CT molecular complexity index is 1070. The molecule has 0 spiro atoms. The van der Waals surface area contributed by atoms with Gasteiger partial charge in [-0.3, -0.25) is 4.79 Å². The molecule has 1 aromatic heterocycles. The van der Waals surface area contributed by atoms with E-state index in [1.54, 1.807) is 36.5 Å². The Morgan fingerprint density at radius 3 is 2.50 bits per heavy atom. The molecule has 9 heteroatoms. The molecule has 1 saturated heterocycles. The zero-order chi connectivity index (χ0) is 20.8. The van der Waals surface area contributed by atoms with Crippen molar-refractivity contribution in [1.82, 2.24) is 9.97 Å². The third kappa shape index (κ3) is 4.54. The molecule has 0 bridgehead atoms. The quantitative estimate of drug-likeness (QED) is 0.389. The topological polar surface area (TPSA) is 116 Å². The summed E-state index contributed by atoms with van der Waals surface area (Å²) in [4.78, 5) is 25.2. The van der Waals surface area contributed by atoms with Gasteiger partial charge >= 0.3 is 0 Å². The van der Waals surface area contributed by atoms with Crippen LogP contribution in [0.3, 0.4) is 0 Å². The average Bonchev–Trinajstić information content (AvgIpc) is 2.81. The number of carbonyl (C=O) groups excluding carboxylic acids is 1. The number of azide groups is 1. The van der Waals surface area contributed by atoms with Crippen molar-refractivity contribution in [2.75, 3.05) is 36.5 Å². The van der Waals surface area contributed by atoms with E-state index in [2.05, 4.69) is 42.3 Å². The summed E-state index contributed by atoms with van der Waals surface area (Å²) in [7, 11) is 0. The minimum absolute atomic E-state index is 0.323. The molecule has 3 aromatic rings. The van der Waals surface area contributed by atoms with Crippen LogP contribution in [0.2, 0.25) is 0 Å². The highest BCUT2D eigenvalue weighted by Gasteiger charge is 2.11. The van der Waals surface area contributed by atoms with Gasteiger partial charge in [-0.05, 0) is 41.0 Å². The number of amides is 1. The Morgan fingerprint density at radius 2 is 1.80 bits per heavy atom. The van der Waals surface area contributed by atoms with Gasteiger partial charge in [-0.25, -0.2) is 9.97 Å². The molecule has 4 rings (SSSR count). The summed E-state index contributed by atoms with van der Waals surface area (Å²) in [5, 5.41) is 6.31. The third-order valence-corrected chi connectivity index (χ3v) is 4.72. The monoisotopic (exact) mass is 401 g/mol. The van der Waals surface area contributed by atoms with Gasteiger partial charge in [-0.2, -0.15) is 0 Å². The van der Waals surface area contributed by atoms with Gasteiger partial charge in [0.05, 0.1) is 18.9 Å². The lowest BCUT2D eigenvalue weighted by atomic mass is 10.1. The van der Waals surface area contributed by atoms with Crippen LogP contribution >= 0.6 is 0 Å². The second-order valence-electron chi connectivity index (χ2n) is 6.61. The van der Waals surface area contributed by atoms with Gasteiger partial charge < -0.3 is 15.0 Å². The molecule has 1 N–H and O–H groups in total. The van der Waals surface area contributed by atoms with Gasteiger partial charge in [0.15, 0.2) is 0 Å². The molecule has 0 radical (unpaired) electrons. The van der Waals surface area contributed by atoms with E-state index in [0.717, 1.165) is 43.2 Å². The number of rotatable bonds is 5. The van der Waals surface area contributed by atoms with Crippen molar-refractivity contribution < 1.29 is 9.53 Å². The lowest BCUT2D eigenvalue weighted by molar-refractivity contribution is 0.100. The van der Waals surface area contributed by atoms with E-state index in [9.17, 15) is 4.79 Å². The number of anilines is 3. The molecule has 0 unspecified atom stereocenters. The summed E-state index contributed by atoms with van der Waals surface area (Å²) in [5.74, 6) is -0.143. The number of ether oxygens (including phenoxy) is 1. The first-order valence-electron chi connectivity index (χ1n) is 9.45. The second kappa shape index (κ2) is 9.04. The van der Waals surface area contributed by atoms with Crippen molar-refractivity contribution >= 4 is 23.2 Å². The molecule has 1 aliphatic heterocycles. The standard InChI is InChI=1S/C21H19N7O2/c22-27-26-20(29)16-3-1-15(2-4-16)19-9-10-23-21(25-19)24-17-5-7-18(8-6-17)28-11-13-30-14-12-28/h1-10H,11-14H2,(H,23,24,25). The van der Waals surface area contributed by atoms with Crippen molar-refractivity contribution in [2.24, 2.45) is 5.11 Å². The van der Waals surface area contributed by atoms with E-state index in [-0.39, 0.29) is 0 Å². The summed E-state index contributed by atoms with van der Waals surface area (Å²) < 4.78 is 5.39. The molecule has 0 aliphatic carbocycles. The fraction of sp³-hybridized carbons (Fsp3) is 0.190. The van der Waals surface area contributed by atoms with Crippen molar-refractivity contribution in [2.45, 2.75) is 0 Å². The predicted octanol–water partition coefficient (Wildman–Crippen LogP) is 4.17. The molecule has 0 saturated carbocycles. The maximum Gasteiger partial charge on any atom is 0.249 e.